The maximum absolute atomic E-state index is 7.19. The Morgan fingerprint density at radius 1 is 1.36 bits per heavy atom. The lowest BCUT2D eigenvalue weighted by Gasteiger charge is -2.00. The van der Waals surface area contributed by atoms with Crippen molar-refractivity contribution in [2.45, 2.75) is 13.8 Å². The number of nitrogens with two attached hydrogens (primary N) is 1. The minimum Gasteiger partial charge on any atom is -0.384 e. The highest BCUT2D eigenvalue weighted by atomic mass is 14.7. The number of nitrogen functional groups attached to an aromatic ring is 1. The smallest absolute Gasteiger partial charge is 0.122 e. The Morgan fingerprint density at radius 2 is 1.82 bits per heavy atom. The average Bonchev–Trinajstić information content (AvgIpc) is 1.85. The van der Waals surface area contributed by atoms with Crippen molar-refractivity contribution < 1.29 is 0 Å². The van der Waals surface area contributed by atoms with Gasteiger partial charge in [0, 0.05) is 5.56 Å². The Labute approximate surface area is 66.6 Å². The summed E-state index contributed by atoms with van der Waals surface area (Å²) in [5.74, 6) is 0.116. The summed E-state index contributed by atoms with van der Waals surface area (Å²) < 4.78 is 0. The van der Waals surface area contributed by atoms with E-state index in [1.54, 1.807) is 0 Å². The van der Waals surface area contributed by atoms with Gasteiger partial charge in [-0.05, 0) is 43.2 Å². The van der Waals surface area contributed by atoms with Crippen LogP contribution in [0.3, 0.4) is 0 Å². The SMILES string of the molecule is Cc1[c]c(C)cc(C(=N)N)c1. The molecule has 1 aromatic carbocycles. The van der Waals surface area contributed by atoms with E-state index in [1.807, 2.05) is 26.0 Å². The minimum absolute atomic E-state index is 0.116. The summed E-state index contributed by atoms with van der Waals surface area (Å²) in [7, 11) is 0. The van der Waals surface area contributed by atoms with E-state index in [9.17, 15) is 0 Å². The molecular weight excluding hydrogens is 136 g/mol. The highest BCUT2D eigenvalue weighted by Crippen LogP contribution is 2.06. The minimum atomic E-state index is 0.116. The topological polar surface area (TPSA) is 49.9 Å². The van der Waals surface area contributed by atoms with Crippen LogP contribution in [0.2, 0.25) is 0 Å². The van der Waals surface area contributed by atoms with Crippen molar-refractivity contribution in [2.24, 2.45) is 5.73 Å². The van der Waals surface area contributed by atoms with Gasteiger partial charge in [-0.2, -0.15) is 0 Å². The van der Waals surface area contributed by atoms with E-state index >= 15 is 0 Å². The number of hydrogen-bond donors (Lipinski definition) is 2. The second kappa shape index (κ2) is 2.74. The first-order valence-corrected chi connectivity index (χ1v) is 3.44. The molecule has 1 aromatic rings. The number of rotatable bonds is 1. The molecular formula is C9H11N2. The zero-order valence-electron chi connectivity index (χ0n) is 6.73. The Morgan fingerprint density at radius 3 is 2.18 bits per heavy atom. The summed E-state index contributed by atoms with van der Waals surface area (Å²) in [5.41, 5.74) is 8.14. The van der Waals surface area contributed by atoms with E-state index in [0.717, 1.165) is 16.7 Å². The molecule has 0 saturated heterocycles. The fourth-order valence-electron chi connectivity index (χ4n) is 1.05. The Kier molecular flexibility index (Phi) is 1.94. The van der Waals surface area contributed by atoms with E-state index in [2.05, 4.69) is 6.07 Å². The normalized spacial score (nSPS) is 9.64. The van der Waals surface area contributed by atoms with Gasteiger partial charge in [-0.25, -0.2) is 0 Å². The molecule has 0 aliphatic carbocycles. The third-order valence-electron chi connectivity index (χ3n) is 1.45. The second-order valence-corrected chi connectivity index (χ2v) is 2.65. The molecule has 0 aliphatic heterocycles. The van der Waals surface area contributed by atoms with E-state index in [-0.39, 0.29) is 5.84 Å². The maximum Gasteiger partial charge on any atom is 0.122 e. The zero-order chi connectivity index (χ0) is 8.43. The van der Waals surface area contributed by atoms with Gasteiger partial charge in [-0.3, -0.25) is 5.41 Å². The molecule has 2 nitrogen and oxygen atoms in total. The molecule has 0 fully saturated rings. The van der Waals surface area contributed by atoms with Gasteiger partial charge in [0.25, 0.3) is 0 Å². The van der Waals surface area contributed by atoms with Gasteiger partial charge >= 0.3 is 0 Å². The standard InChI is InChI=1S/C9H11N2/c1-6-3-7(2)5-8(4-6)9(10)11/h4-5H,1-2H3,(H3,10,11). The van der Waals surface area contributed by atoms with Crippen LogP contribution in [0.4, 0.5) is 0 Å². The number of nitrogens with one attached hydrogen (secondary N) is 1. The summed E-state index contributed by atoms with van der Waals surface area (Å²) >= 11 is 0. The monoisotopic (exact) mass is 147 g/mol. The van der Waals surface area contributed by atoms with Gasteiger partial charge in [-0.15, -0.1) is 0 Å². The lowest BCUT2D eigenvalue weighted by molar-refractivity contribution is 1.33. The number of benzene rings is 1. The molecule has 0 aliphatic rings. The molecule has 0 unspecified atom stereocenters. The Hall–Kier alpha value is -1.31. The van der Waals surface area contributed by atoms with Crippen LogP contribution >= 0.6 is 0 Å². The van der Waals surface area contributed by atoms with E-state index in [0.29, 0.717) is 0 Å². The zero-order valence-corrected chi connectivity index (χ0v) is 6.73. The predicted octanol–water partition coefficient (Wildman–Crippen LogP) is 1.39. The van der Waals surface area contributed by atoms with Crippen LogP contribution in [-0.2, 0) is 0 Å². The van der Waals surface area contributed by atoms with Crippen LogP contribution in [0.1, 0.15) is 16.7 Å². The van der Waals surface area contributed by atoms with Crippen molar-refractivity contribution in [2.75, 3.05) is 0 Å². The third-order valence-corrected chi connectivity index (χ3v) is 1.45. The summed E-state index contributed by atoms with van der Waals surface area (Å²) in [6, 6.07) is 6.83. The molecule has 0 saturated carbocycles. The van der Waals surface area contributed by atoms with Gasteiger partial charge in [0.05, 0.1) is 0 Å². The van der Waals surface area contributed by atoms with Crippen molar-refractivity contribution in [3.8, 4) is 0 Å². The second-order valence-electron chi connectivity index (χ2n) is 2.65. The fourth-order valence-corrected chi connectivity index (χ4v) is 1.05. The molecule has 1 rings (SSSR count). The summed E-state index contributed by atoms with van der Waals surface area (Å²) in [6.45, 7) is 3.89. The fraction of sp³-hybridized carbons (Fsp3) is 0.222. The lowest BCUT2D eigenvalue weighted by Crippen LogP contribution is -2.11. The molecule has 0 bridgehead atoms. The summed E-state index contributed by atoms with van der Waals surface area (Å²) in [4.78, 5) is 0. The molecule has 0 spiro atoms. The largest absolute Gasteiger partial charge is 0.384 e. The van der Waals surface area contributed by atoms with Gasteiger partial charge in [0.15, 0.2) is 0 Å². The predicted molar refractivity (Wildman–Crippen MR) is 45.8 cm³/mol. The van der Waals surface area contributed by atoms with Crippen LogP contribution in [0, 0.1) is 25.3 Å². The van der Waals surface area contributed by atoms with Crippen molar-refractivity contribution in [1.82, 2.24) is 0 Å². The molecule has 0 atom stereocenters. The van der Waals surface area contributed by atoms with Gasteiger partial charge in [0.2, 0.25) is 0 Å². The number of aryl methyl sites for hydroxylation is 2. The molecule has 11 heavy (non-hydrogen) atoms. The molecule has 2 heteroatoms. The maximum atomic E-state index is 7.19. The molecule has 0 aromatic heterocycles. The van der Waals surface area contributed by atoms with Crippen molar-refractivity contribution in [3.63, 3.8) is 0 Å². The molecule has 3 N–H and O–H groups in total. The highest BCUT2D eigenvalue weighted by molar-refractivity contribution is 5.95. The van der Waals surface area contributed by atoms with Gasteiger partial charge < -0.3 is 5.73 Å². The molecule has 0 heterocycles. The Bertz CT molecular complexity index is 269. The van der Waals surface area contributed by atoms with Crippen molar-refractivity contribution >= 4 is 5.84 Å². The van der Waals surface area contributed by atoms with E-state index in [1.165, 1.54) is 0 Å². The van der Waals surface area contributed by atoms with Crippen molar-refractivity contribution in [1.29, 1.82) is 5.41 Å². The summed E-state index contributed by atoms with van der Waals surface area (Å²) in [6.07, 6.45) is 0. The van der Waals surface area contributed by atoms with E-state index in [4.69, 9.17) is 11.1 Å². The molecule has 57 valence electrons. The Balaban J connectivity index is 3.19. The average molecular weight is 147 g/mol. The van der Waals surface area contributed by atoms with Crippen molar-refractivity contribution in [3.05, 3.63) is 34.9 Å². The lowest BCUT2D eigenvalue weighted by atomic mass is 10.1. The molecule has 1 radical (unpaired) electrons. The molecule has 0 amide bonds. The van der Waals surface area contributed by atoms with Gasteiger partial charge in [0.1, 0.15) is 5.84 Å². The van der Waals surface area contributed by atoms with Gasteiger partial charge in [-0.1, -0.05) is 0 Å². The van der Waals surface area contributed by atoms with Crippen LogP contribution in [0.5, 0.6) is 0 Å². The highest BCUT2D eigenvalue weighted by Gasteiger charge is 1.97. The van der Waals surface area contributed by atoms with Crippen LogP contribution in [-0.4, -0.2) is 5.84 Å². The first-order valence-electron chi connectivity index (χ1n) is 3.44. The third kappa shape index (κ3) is 1.80. The quantitative estimate of drug-likeness (QED) is 0.457. The first-order chi connectivity index (χ1) is 5.09. The van der Waals surface area contributed by atoms with Crippen LogP contribution < -0.4 is 5.73 Å². The van der Waals surface area contributed by atoms with E-state index < -0.39 is 0 Å². The summed E-state index contributed by atoms with van der Waals surface area (Å²) in [5, 5.41) is 7.19. The van der Waals surface area contributed by atoms with Crippen LogP contribution in [0.15, 0.2) is 12.1 Å². The first kappa shape index (κ1) is 7.79. The number of hydrogen-bond acceptors (Lipinski definition) is 1. The van der Waals surface area contributed by atoms with Crippen LogP contribution in [0.25, 0.3) is 0 Å². The number of amidine groups is 1.